The zero-order valence-electron chi connectivity index (χ0n) is 15.1. The number of hydrogen-bond acceptors (Lipinski definition) is 4. The second-order valence-electron chi connectivity index (χ2n) is 6.88. The normalized spacial score (nSPS) is 15.9. The SMILES string of the molecule is Cc1nn(-c2nc3ccccc3[nH]2)c2c1[C@@H](c1ccc(C#N)cc1)CC(=O)N2. The van der Waals surface area contributed by atoms with Crippen molar-refractivity contribution in [3.8, 4) is 12.0 Å². The molecule has 0 saturated heterocycles. The van der Waals surface area contributed by atoms with Gasteiger partial charge in [0.2, 0.25) is 11.9 Å². The lowest BCUT2D eigenvalue weighted by Gasteiger charge is -2.24. The molecular weight excluding hydrogens is 352 g/mol. The number of aromatic amines is 1. The van der Waals surface area contributed by atoms with E-state index in [1.54, 1.807) is 16.8 Å². The van der Waals surface area contributed by atoms with Crippen LogP contribution in [0.5, 0.6) is 0 Å². The van der Waals surface area contributed by atoms with Crippen molar-refractivity contribution in [1.29, 1.82) is 5.26 Å². The third-order valence-electron chi connectivity index (χ3n) is 5.12. The van der Waals surface area contributed by atoms with Crippen LogP contribution in [0.1, 0.15) is 34.7 Å². The van der Waals surface area contributed by atoms with Crippen LogP contribution in [0.25, 0.3) is 17.0 Å². The van der Waals surface area contributed by atoms with Gasteiger partial charge in [-0.15, -0.1) is 0 Å². The molecule has 0 spiro atoms. The molecule has 0 unspecified atom stereocenters. The van der Waals surface area contributed by atoms with Crippen LogP contribution in [0.4, 0.5) is 5.82 Å². The van der Waals surface area contributed by atoms with E-state index in [4.69, 9.17) is 5.26 Å². The molecule has 0 fully saturated rings. The number of rotatable bonds is 2. The zero-order valence-corrected chi connectivity index (χ0v) is 15.1. The second-order valence-corrected chi connectivity index (χ2v) is 6.88. The van der Waals surface area contributed by atoms with Gasteiger partial charge < -0.3 is 10.3 Å². The van der Waals surface area contributed by atoms with Gasteiger partial charge in [-0.25, -0.2) is 4.98 Å². The van der Waals surface area contributed by atoms with Gasteiger partial charge in [0.1, 0.15) is 5.82 Å². The van der Waals surface area contributed by atoms with E-state index < -0.39 is 0 Å². The molecule has 7 heteroatoms. The largest absolute Gasteiger partial charge is 0.322 e. The highest BCUT2D eigenvalue weighted by Crippen LogP contribution is 2.40. The Kier molecular flexibility index (Phi) is 3.52. The average Bonchev–Trinajstić information content (AvgIpc) is 3.28. The highest BCUT2D eigenvalue weighted by molar-refractivity contribution is 5.95. The van der Waals surface area contributed by atoms with Crippen LogP contribution in [0.2, 0.25) is 0 Å². The minimum atomic E-state index is -0.116. The number of carbonyl (C=O) groups excluding carboxylic acids is 1. The van der Waals surface area contributed by atoms with E-state index in [-0.39, 0.29) is 11.8 Å². The van der Waals surface area contributed by atoms with Gasteiger partial charge in [0.15, 0.2) is 0 Å². The van der Waals surface area contributed by atoms with Gasteiger partial charge in [-0.1, -0.05) is 24.3 Å². The summed E-state index contributed by atoms with van der Waals surface area (Å²) < 4.78 is 1.67. The molecule has 7 nitrogen and oxygen atoms in total. The smallest absolute Gasteiger partial charge is 0.231 e. The van der Waals surface area contributed by atoms with Gasteiger partial charge in [0.05, 0.1) is 28.4 Å². The molecule has 136 valence electrons. The number of nitriles is 1. The van der Waals surface area contributed by atoms with Crippen molar-refractivity contribution in [1.82, 2.24) is 19.7 Å². The van der Waals surface area contributed by atoms with Crippen molar-refractivity contribution in [2.45, 2.75) is 19.3 Å². The number of carbonyl (C=O) groups is 1. The molecule has 0 saturated carbocycles. The number of amides is 1. The molecular formula is C21H16N6O. The Bertz CT molecular complexity index is 1230. The first-order chi connectivity index (χ1) is 13.6. The van der Waals surface area contributed by atoms with E-state index in [2.05, 4.69) is 26.5 Å². The maximum absolute atomic E-state index is 12.5. The summed E-state index contributed by atoms with van der Waals surface area (Å²) in [5.41, 5.74) is 5.14. The highest BCUT2D eigenvalue weighted by Gasteiger charge is 2.33. The molecule has 0 radical (unpaired) electrons. The maximum Gasteiger partial charge on any atom is 0.231 e. The first-order valence-electron chi connectivity index (χ1n) is 8.98. The number of aromatic nitrogens is 4. The molecule has 28 heavy (non-hydrogen) atoms. The summed E-state index contributed by atoms with van der Waals surface area (Å²) in [7, 11) is 0. The topological polar surface area (TPSA) is 99.4 Å². The summed E-state index contributed by atoms with van der Waals surface area (Å²) in [6.45, 7) is 1.94. The number of fused-ring (bicyclic) bond motifs is 2. The molecule has 0 aliphatic carbocycles. The van der Waals surface area contributed by atoms with Crippen LogP contribution in [0.15, 0.2) is 48.5 Å². The minimum absolute atomic E-state index is 0.0703. The van der Waals surface area contributed by atoms with E-state index >= 15 is 0 Å². The number of anilines is 1. The van der Waals surface area contributed by atoms with Gasteiger partial charge >= 0.3 is 0 Å². The van der Waals surface area contributed by atoms with Crippen LogP contribution < -0.4 is 5.32 Å². The lowest BCUT2D eigenvalue weighted by atomic mass is 9.85. The van der Waals surface area contributed by atoms with Crippen molar-refractivity contribution in [2.75, 3.05) is 5.32 Å². The summed E-state index contributed by atoms with van der Waals surface area (Å²) in [6, 6.07) is 17.2. The minimum Gasteiger partial charge on any atom is -0.322 e. The fraction of sp³-hybridized carbons (Fsp3) is 0.143. The summed E-state index contributed by atoms with van der Waals surface area (Å²) in [5, 5.41) is 16.7. The summed E-state index contributed by atoms with van der Waals surface area (Å²) in [4.78, 5) is 20.3. The third-order valence-corrected chi connectivity index (χ3v) is 5.12. The van der Waals surface area contributed by atoms with E-state index in [1.807, 2.05) is 43.3 Å². The Morgan fingerprint density at radius 2 is 1.96 bits per heavy atom. The number of benzene rings is 2. The number of aryl methyl sites for hydroxylation is 1. The molecule has 1 aliphatic rings. The highest BCUT2D eigenvalue weighted by atomic mass is 16.1. The van der Waals surface area contributed by atoms with Gasteiger partial charge in [-0.05, 0) is 36.8 Å². The predicted molar refractivity (Wildman–Crippen MR) is 104 cm³/mol. The molecule has 2 aromatic carbocycles. The number of hydrogen-bond donors (Lipinski definition) is 2. The predicted octanol–water partition coefficient (Wildman–Crippen LogP) is 3.40. The van der Waals surface area contributed by atoms with Gasteiger partial charge in [-0.3, -0.25) is 4.79 Å². The molecule has 2 N–H and O–H groups in total. The molecule has 3 heterocycles. The average molecular weight is 368 g/mol. The number of imidazole rings is 1. The van der Waals surface area contributed by atoms with Crippen molar-refractivity contribution in [3.05, 3.63) is 70.9 Å². The molecule has 4 aromatic rings. The van der Waals surface area contributed by atoms with E-state index in [1.165, 1.54) is 0 Å². The Morgan fingerprint density at radius 1 is 1.18 bits per heavy atom. The van der Waals surface area contributed by atoms with Gasteiger partial charge in [0.25, 0.3) is 0 Å². The fourth-order valence-electron chi connectivity index (χ4n) is 3.81. The molecule has 5 rings (SSSR count). The lowest BCUT2D eigenvalue weighted by molar-refractivity contribution is -0.116. The van der Waals surface area contributed by atoms with Crippen molar-refractivity contribution in [2.24, 2.45) is 0 Å². The van der Waals surface area contributed by atoms with E-state index in [9.17, 15) is 4.79 Å². The standard InChI is InChI=1S/C21H16N6O/c1-12-19-15(14-8-6-13(11-22)7-9-14)10-18(28)25-20(19)27(26-12)21-23-16-4-2-3-5-17(16)24-21/h2-9,15H,10H2,1H3,(H,23,24)(H,25,28)/t15-/m1/s1. The summed E-state index contributed by atoms with van der Waals surface area (Å²) >= 11 is 0. The second kappa shape index (κ2) is 6.06. The summed E-state index contributed by atoms with van der Waals surface area (Å²) in [6.07, 6.45) is 0.339. The van der Waals surface area contributed by atoms with E-state index in [0.717, 1.165) is 27.9 Å². The summed E-state index contributed by atoms with van der Waals surface area (Å²) in [5.74, 6) is 1.02. The van der Waals surface area contributed by atoms with Crippen molar-refractivity contribution >= 4 is 22.8 Å². The van der Waals surface area contributed by atoms with Crippen molar-refractivity contribution in [3.63, 3.8) is 0 Å². The first kappa shape index (κ1) is 16.3. The Balaban J connectivity index is 1.65. The Morgan fingerprint density at radius 3 is 2.71 bits per heavy atom. The van der Waals surface area contributed by atoms with Gasteiger partial charge in [-0.2, -0.15) is 15.0 Å². The molecule has 2 aromatic heterocycles. The van der Waals surface area contributed by atoms with E-state index in [0.29, 0.717) is 23.8 Å². The van der Waals surface area contributed by atoms with Crippen LogP contribution in [-0.2, 0) is 4.79 Å². The molecule has 1 atom stereocenters. The fourth-order valence-corrected chi connectivity index (χ4v) is 3.81. The maximum atomic E-state index is 12.5. The Labute approximate surface area is 160 Å². The quantitative estimate of drug-likeness (QED) is 0.566. The third kappa shape index (κ3) is 2.47. The zero-order chi connectivity index (χ0) is 19.3. The van der Waals surface area contributed by atoms with Crippen LogP contribution in [0.3, 0.4) is 0 Å². The lowest BCUT2D eigenvalue weighted by Crippen LogP contribution is -2.25. The first-order valence-corrected chi connectivity index (χ1v) is 8.98. The van der Waals surface area contributed by atoms with Gasteiger partial charge in [0, 0.05) is 17.9 Å². The monoisotopic (exact) mass is 368 g/mol. The number of H-pyrrole nitrogens is 1. The van der Waals surface area contributed by atoms with Crippen molar-refractivity contribution < 1.29 is 4.79 Å². The molecule has 1 amide bonds. The number of nitrogens with one attached hydrogen (secondary N) is 2. The number of nitrogens with zero attached hydrogens (tertiary/aromatic N) is 4. The number of para-hydroxylation sites is 2. The van der Waals surface area contributed by atoms with Crippen LogP contribution >= 0.6 is 0 Å². The van der Waals surface area contributed by atoms with Crippen LogP contribution in [-0.4, -0.2) is 25.7 Å². The molecule has 1 aliphatic heterocycles. The Hall–Kier alpha value is -3.92. The molecule has 0 bridgehead atoms. The van der Waals surface area contributed by atoms with Crippen LogP contribution in [0, 0.1) is 18.3 Å².